The molecule has 134 valence electrons. The largest absolute Gasteiger partial charge is 0.323 e. The lowest BCUT2D eigenvalue weighted by molar-refractivity contribution is -0.115. The van der Waals surface area contributed by atoms with Crippen molar-refractivity contribution in [1.82, 2.24) is 4.98 Å². The molecule has 3 nitrogen and oxygen atoms in total. The standard InChI is InChI=1S/C19H16BrFN2OS2/c1-12(18(24)23-17-8-7-14(20)9-16(17)21)25-10-15-11-26-19(22-15)13-5-3-2-4-6-13/h2-9,11-12H,10H2,1H3,(H,23,24)/t12-/m0/s1. The summed E-state index contributed by atoms with van der Waals surface area (Å²) in [6, 6.07) is 14.6. The van der Waals surface area contributed by atoms with Crippen LogP contribution in [0.3, 0.4) is 0 Å². The Morgan fingerprint density at radius 1 is 1.31 bits per heavy atom. The topological polar surface area (TPSA) is 42.0 Å². The zero-order valence-electron chi connectivity index (χ0n) is 13.9. The van der Waals surface area contributed by atoms with Gasteiger partial charge in [-0.25, -0.2) is 9.37 Å². The van der Waals surface area contributed by atoms with Crippen molar-refractivity contribution < 1.29 is 9.18 Å². The lowest BCUT2D eigenvalue weighted by atomic mass is 10.2. The minimum absolute atomic E-state index is 0.186. The molecule has 0 aliphatic carbocycles. The summed E-state index contributed by atoms with van der Waals surface area (Å²) >= 11 is 6.26. The number of anilines is 1. The van der Waals surface area contributed by atoms with Gasteiger partial charge in [-0.15, -0.1) is 23.1 Å². The zero-order chi connectivity index (χ0) is 18.5. The number of hydrogen-bond acceptors (Lipinski definition) is 4. The number of carbonyl (C=O) groups excluding carboxylic acids is 1. The molecule has 0 aliphatic rings. The van der Waals surface area contributed by atoms with Crippen LogP contribution in [-0.2, 0) is 10.5 Å². The minimum Gasteiger partial charge on any atom is -0.323 e. The highest BCUT2D eigenvalue weighted by Gasteiger charge is 2.16. The number of halogens is 2. The number of hydrogen-bond donors (Lipinski definition) is 1. The number of amides is 1. The summed E-state index contributed by atoms with van der Waals surface area (Å²) in [6.45, 7) is 1.81. The van der Waals surface area contributed by atoms with Crippen LogP contribution in [0.2, 0.25) is 0 Å². The van der Waals surface area contributed by atoms with E-state index in [0.29, 0.717) is 10.2 Å². The average Bonchev–Trinajstić information content (AvgIpc) is 3.11. The Hall–Kier alpha value is -1.70. The second-order valence-corrected chi connectivity index (χ2v) is 8.68. The molecule has 0 saturated heterocycles. The van der Waals surface area contributed by atoms with Crippen molar-refractivity contribution in [3.8, 4) is 10.6 Å². The van der Waals surface area contributed by atoms with Crippen LogP contribution in [0.4, 0.5) is 10.1 Å². The Labute approximate surface area is 168 Å². The van der Waals surface area contributed by atoms with Gasteiger partial charge in [-0.05, 0) is 25.1 Å². The fourth-order valence-electron chi connectivity index (χ4n) is 2.20. The molecule has 1 atom stereocenters. The van der Waals surface area contributed by atoms with E-state index in [4.69, 9.17) is 0 Å². The quantitative estimate of drug-likeness (QED) is 0.502. The van der Waals surface area contributed by atoms with Gasteiger partial charge in [-0.1, -0.05) is 46.3 Å². The fraction of sp³-hybridized carbons (Fsp3) is 0.158. The Morgan fingerprint density at radius 3 is 2.81 bits per heavy atom. The van der Waals surface area contributed by atoms with Gasteiger partial charge in [0, 0.05) is 21.2 Å². The fourth-order valence-corrected chi connectivity index (χ4v) is 4.24. The van der Waals surface area contributed by atoms with Gasteiger partial charge < -0.3 is 5.32 Å². The first-order chi connectivity index (χ1) is 12.5. The molecule has 7 heteroatoms. The smallest absolute Gasteiger partial charge is 0.237 e. The van der Waals surface area contributed by atoms with Gasteiger partial charge in [0.15, 0.2) is 0 Å². The maximum Gasteiger partial charge on any atom is 0.237 e. The molecule has 0 fully saturated rings. The highest BCUT2D eigenvalue weighted by Crippen LogP contribution is 2.27. The van der Waals surface area contributed by atoms with Crippen LogP contribution < -0.4 is 5.32 Å². The summed E-state index contributed by atoms with van der Waals surface area (Å²) in [4.78, 5) is 16.9. The molecule has 1 heterocycles. The Balaban J connectivity index is 1.56. The predicted molar refractivity (Wildman–Crippen MR) is 111 cm³/mol. The van der Waals surface area contributed by atoms with Crippen molar-refractivity contribution in [1.29, 1.82) is 0 Å². The molecular weight excluding hydrogens is 435 g/mol. The minimum atomic E-state index is -0.461. The van der Waals surface area contributed by atoms with E-state index in [2.05, 4.69) is 26.2 Å². The molecule has 1 amide bonds. The van der Waals surface area contributed by atoms with Crippen LogP contribution in [0.5, 0.6) is 0 Å². The molecular formula is C19H16BrFN2OS2. The summed E-state index contributed by atoms with van der Waals surface area (Å²) < 4.78 is 14.5. The SMILES string of the molecule is C[C@H](SCc1csc(-c2ccccc2)n1)C(=O)Nc1ccc(Br)cc1F. The van der Waals surface area contributed by atoms with E-state index in [-0.39, 0.29) is 16.8 Å². The number of rotatable bonds is 6. The van der Waals surface area contributed by atoms with E-state index in [0.717, 1.165) is 16.3 Å². The molecule has 0 aliphatic heterocycles. The second kappa shape index (κ2) is 8.79. The van der Waals surface area contributed by atoms with Crippen molar-refractivity contribution in [2.75, 3.05) is 5.32 Å². The van der Waals surface area contributed by atoms with Crippen LogP contribution in [0.15, 0.2) is 58.4 Å². The van der Waals surface area contributed by atoms with Gasteiger partial charge in [0.1, 0.15) is 10.8 Å². The van der Waals surface area contributed by atoms with Gasteiger partial charge in [0.2, 0.25) is 5.91 Å². The van der Waals surface area contributed by atoms with Crippen LogP contribution in [0, 0.1) is 5.82 Å². The third-order valence-corrected chi connectivity index (χ3v) is 6.22. The molecule has 0 bridgehead atoms. The number of thioether (sulfide) groups is 1. The van der Waals surface area contributed by atoms with Crippen molar-refractivity contribution in [2.24, 2.45) is 0 Å². The summed E-state index contributed by atoms with van der Waals surface area (Å²) in [7, 11) is 0. The number of benzene rings is 2. The molecule has 26 heavy (non-hydrogen) atoms. The third kappa shape index (κ3) is 4.93. The van der Waals surface area contributed by atoms with Crippen molar-refractivity contribution in [2.45, 2.75) is 17.9 Å². The Bertz CT molecular complexity index is 902. The van der Waals surface area contributed by atoms with Crippen LogP contribution in [0.25, 0.3) is 10.6 Å². The number of carbonyl (C=O) groups is 1. The maximum atomic E-state index is 13.8. The Morgan fingerprint density at radius 2 is 2.08 bits per heavy atom. The average molecular weight is 451 g/mol. The van der Waals surface area contributed by atoms with E-state index in [1.165, 1.54) is 17.8 Å². The summed E-state index contributed by atoms with van der Waals surface area (Å²) in [6.07, 6.45) is 0. The van der Waals surface area contributed by atoms with Gasteiger partial charge in [0.25, 0.3) is 0 Å². The van der Waals surface area contributed by atoms with E-state index in [1.54, 1.807) is 30.4 Å². The predicted octanol–water partition coefficient (Wildman–Crippen LogP) is 5.97. The molecule has 3 aromatic rings. The highest BCUT2D eigenvalue weighted by atomic mass is 79.9. The number of aromatic nitrogens is 1. The maximum absolute atomic E-state index is 13.8. The van der Waals surface area contributed by atoms with Crippen molar-refractivity contribution >= 4 is 50.6 Å². The van der Waals surface area contributed by atoms with E-state index in [9.17, 15) is 9.18 Å². The molecule has 3 rings (SSSR count). The first kappa shape index (κ1) is 19.1. The molecule has 1 aromatic heterocycles. The van der Waals surface area contributed by atoms with Crippen molar-refractivity contribution in [3.05, 3.63) is 69.9 Å². The molecule has 0 radical (unpaired) electrons. The summed E-state index contributed by atoms with van der Waals surface area (Å²) in [5.41, 5.74) is 2.21. The summed E-state index contributed by atoms with van der Waals surface area (Å²) in [5, 5.41) is 5.29. The second-order valence-electron chi connectivity index (χ2n) is 5.58. The highest BCUT2D eigenvalue weighted by molar-refractivity contribution is 9.10. The lowest BCUT2D eigenvalue weighted by Gasteiger charge is -2.12. The van der Waals surface area contributed by atoms with E-state index < -0.39 is 5.82 Å². The molecule has 0 unspecified atom stereocenters. The van der Waals surface area contributed by atoms with Crippen LogP contribution in [-0.4, -0.2) is 16.1 Å². The third-order valence-electron chi connectivity index (χ3n) is 3.61. The first-order valence-corrected chi connectivity index (χ1v) is 10.6. The van der Waals surface area contributed by atoms with Crippen LogP contribution in [0.1, 0.15) is 12.6 Å². The number of nitrogens with one attached hydrogen (secondary N) is 1. The molecule has 0 spiro atoms. The molecule has 1 N–H and O–H groups in total. The Kier molecular flexibility index (Phi) is 6.45. The van der Waals surface area contributed by atoms with Gasteiger partial charge >= 0.3 is 0 Å². The van der Waals surface area contributed by atoms with E-state index in [1.807, 2.05) is 35.7 Å². The normalized spacial score (nSPS) is 12.0. The molecule has 2 aromatic carbocycles. The lowest BCUT2D eigenvalue weighted by Crippen LogP contribution is -2.23. The van der Waals surface area contributed by atoms with E-state index >= 15 is 0 Å². The van der Waals surface area contributed by atoms with Crippen LogP contribution >= 0.6 is 39.0 Å². The first-order valence-electron chi connectivity index (χ1n) is 7.90. The monoisotopic (exact) mass is 450 g/mol. The number of nitrogens with zero attached hydrogens (tertiary/aromatic N) is 1. The van der Waals surface area contributed by atoms with Gasteiger partial charge in [-0.2, -0.15) is 0 Å². The summed E-state index contributed by atoms with van der Waals surface area (Å²) in [5.74, 6) is -0.0625. The van der Waals surface area contributed by atoms with Crippen molar-refractivity contribution in [3.63, 3.8) is 0 Å². The molecule has 0 saturated carbocycles. The zero-order valence-corrected chi connectivity index (χ0v) is 17.1. The number of thiazole rings is 1. The van der Waals surface area contributed by atoms with Gasteiger partial charge in [0.05, 0.1) is 16.6 Å². The van der Waals surface area contributed by atoms with Gasteiger partial charge in [-0.3, -0.25) is 4.79 Å².